The van der Waals surface area contributed by atoms with E-state index in [0.29, 0.717) is 64.1 Å². The lowest BCUT2D eigenvalue weighted by Crippen LogP contribution is -2.39. The molecule has 0 aliphatic rings. The first-order valence-electron chi connectivity index (χ1n) is 36.5. The van der Waals surface area contributed by atoms with E-state index in [9.17, 15) is 28.8 Å². The van der Waals surface area contributed by atoms with E-state index in [2.05, 4.69) is 0 Å². The second-order valence-electron chi connectivity index (χ2n) is 26.4. The molecule has 578 valence electrons. The average Bonchev–Trinajstić information content (AvgIpc) is 0.756. The molecule has 0 N–H and O–H groups in total. The summed E-state index contributed by atoms with van der Waals surface area (Å²) >= 11 is 3.16. The smallest absolute Gasteiger partial charge is 0.315 e. The average molecular weight is 1640 g/mol. The van der Waals surface area contributed by atoms with Crippen molar-refractivity contribution in [2.24, 2.45) is 5.41 Å². The Morgan fingerprint density at radius 2 is 0.500 bits per heavy atom. The van der Waals surface area contributed by atoms with Crippen LogP contribution in [-0.4, -0.2) is 107 Å². The van der Waals surface area contributed by atoms with E-state index < -0.39 is 99.1 Å². The zero-order chi connectivity index (χ0) is 80.1. The molecule has 0 amide bonds. The van der Waals surface area contributed by atoms with Crippen LogP contribution >= 0.6 is 56.7 Å². The van der Waals surface area contributed by atoms with Gasteiger partial charge in [-0.3, -0.25) is 43.2 Å². The largest absolute Gasteiger partial charge is 0.464 e. The van der Waals surface area contributed by atoms with Crippen molar-refractivity contribution in [3.63, 3.8) is 0 Å². The van der Waals surface area contributed by atoms with Gasteiger partial charge in [0, 0.05) is 49.1 Å². The van der Waals surface area contributed by atoms with E-state index in [1.54, 1.807) is 280 Å². The SMILES string of the molecule is CCC(COC(=O)CSCCC(=O)Oc1ccc2ccccc2c1C(=O)P(=O)(c1ccccc1)c1ccccc1)(COC(=O)CSCCC(=O)Oc1ccc2ccccc2c1C(=O)P(=O)(c1ccccc1)c1ccccc1)COC(=O)CSCCC(=O)Oc1ccc2ccccc2c1C(=O)P(=O)(c1ccccc1)c1ccccc1. The van der Waals surface area contributed by atoms with E-state index in [0.717, 1.165) is 35.3 Å². The van der Waals surface area contributed by atoms with Gasteiger partial charge in [-0.05, 0) is 56.9 Å². The molecule has 0 spiro atoms. The van der Waals surface area contributed by atoms with Crippen LogP contribution in [-0.2, 0) is 56.7 Å². The molecule has 12 aromatic carbocycles. The Balaban J connectivity index is 0.681. The van der Waals surface area contributed by atoms with Crippen LogP contribution < -0.4 is 46.0 Å². The number of rotatable bonds is 37. The minimum absolute atomic E-state index is 0.0260. The number of thioether (sulfide) groups is 3. The molecule has 0 atom stereocenters. The number of hydrogen-bond acceptors (Lipinski definition) is 21. The lowest BCUT2D eigenvalue weighted by atomic mass is 9.88. The van der Waals surface area contributed by atoms with Gasteiger partial charge in [0.05, 0.1) is 58.6 Å². The van der Waals surface area contributed by atoms with Crippen molar-refractivity contribution in [2.75, 3.05) is 54.3 Å². The molecule has 18 nitrogen and oxygen atoms in total. The highest BCUT2D eigenvalue weighted by Gasteiger charge is 2.43. The fourth-order valence-electron chi connectivity index (χ4n) is 12.8. The molecule has 12 rings (SSSR count). The Bertz CT molecular complexity index is 5000. The van der Waals surface area contributed by atoms with E-state index in [4.69, 9.17) is 28.4 Å². The third-order valence-electron chi connectivity index (χ3n) is 18.9. The van der Waals surface area contributed by atoms with Crippen LogP contribution in [0.15, 0.2) is 291 Å². The molecule has 0 aromatic heterocycles. The fourth-order valence-corrected chi connectivity index (χ4v) is 22.4. The molecule has 0 heterocycles. The topological polar surface area (TPSA) is 260 Å². The first kappa shape index (κ1) is 82.4. The maximum Gasteiger partial charge on any atom is 0.315 e. The molecule has 0 bridgehead atoms. The molecule has 0 aliphatic carbocycles. The van der Waals surface area contributed by atoms with Crippen LogP contribution in [0.1, 0.15) is 63.7 Å². The third kappa shape index (κ3) is 19.3. The fraction of sp³-hybridized carbons (Fsp3) is 0.167. The van der Waals surface area contributed by atoms with Crippen LogP contribution in [0.3, 0.4) is 0 Å². The highest BCUT2D eigenvalue weighted by molar-refractivity contribution is 8.00. The van der Waals surface area contributed by atoms with Crippen LogP contribution in [0, 0.1) is 5.41 Å². The van der Waals surface area contributed by atoms with Gasteiger partial charge in [0.1, 0.15) is 37.1 Å². The number of ether oxygens (including phenoxy) is 6. The minimum atomic E-state index is -4.07. The Labute approximate surface area is 671 Å². The molecule has 0 unspecified atom stereocenters. The summed E-state index contributed by atoms with van der Waals surface area (Å²) in [5, 5.41) is 5.06. The highest BCUT2D eigenvalue weighted by atomic mass is 32.2. The predicted octanol–water partition coefficient (Wildman–Crippen LogP) is 16.1. The van der Waals surface area contributed by atoms with E-state index in [-0.39, 0.29) is 94.1 Å². The molecule has 0 saturated carbocycles. The normalized spacial score (nSPS) is 11.7. The van der Waals surface area contributed by atoms with Crippen LogP contribution in [0.5, 0.6) is 17.2 Å². The number of carbonyl (C=O) groups excluding carboxylic acids is 9. The van der Waals surface area contributed by atoms with Crippen molar-refractivity contribution in [1.82, 2.24) is 0 Å². The summed E-state index contributed by atoms with van der Waals surface area (Å²) in [5.74, 6) is -5.25. The summed E-state index contributed by atoms with van der Waals surface area (Å²) in [7, 11) is -12.2. The molecule has 12 aromatic rings. The van der Waals surface area contributed by atoms with Crippen molar-refractivity contribution in [3.8, 4) is 17.2 Å². The Morgan fingerprint density at radius 3 is 0.728 bits per heavy atom. The van der Waals surface area contributed by atoms with Gasteiger partial charge < -0.3 is 42.1 Å². The van der Waals surface area contributed by atoms with Gasteiger partial charge in [-0.25, -0.2) is 0 Å². The van der Waals surface area contributed by atoms with Crippen molar-refractivity contribution in [2.45, 2.75) is 32.6 Å². The monoisotopic (exact) mass is 1630 g/mol. The summed E-state index contributed by atoms with van der Waals surface area (Å²) in [6, 6.07) is 81.1. The molecule has 0 fully saturated rings. The Hall–Kier alpha value is -11.0. The van der Waals surface area contributed by atoms with Crippen molar-refractivity contribution in [3.05, 3.63) is 308 Å². The quantitative estimate of drug-likeness (QED) is 0.0115. The summed E-state index contributed by atoms with van der Waals surface area (Å²) < 4.78 is 81.3. The lowest BCUT2D eigenvalue weighted by molar-refractivity contribution is -0.159. The third-order valence-corrected chi connectivity index (χ3v) is 30.3. The maximum absolute atomic E-state index is 15.4. The molecule has 0 aliphatic heterocycles. The van der Waals surface area contributed by atoms with Gasteiger partial charge in [-0.1, -0.05) is 280 Å². The van der Waals surface area contributed by atoms with Gasteiger partial charge in [0.25, 0.3) is 0 Å². The van der Waals surface area contributed by atoms with E-state index in [1.807, 2.05) is 0 Å². The van der Waals surface area contributed by atoms with Gasteiger partial charge >= 0.3 is 35.8 Å². The molecular weight excluding hydrogens is 1560 g/mol. The van der Waals surface area contributed by atoms with Crippen LogP contribution in [0.25, 0.3) is 32.3 Å². The second-order valence-corrected chi connectivity index (χ2v) is 37.7. The minimum Gasteiger partial charge on any atom is -0.464 e. The zero-order valence-electron chi connectivity index (χ0n) is 61.8. The number of benzene rings is 12. The highest BCUT2D eigenvalue weighted by Crippen LogP contribution is 2.53. The van der Waals surface area contributed by atoms with Gasteiger partial charge in [-0.15, -0.1) is 35.3 Å². The number of fused-ring (bicyclic) bond motifs is 3. The van der Waals surface area contributed by atoms with Crippen molar-refractivity contribution in [1.29, 1.82) is 0 Å². The van der Waals surface area contributed by atoms with Gasteiger partial charge in [0.15, 0.2) is 0 Å². The maximum atomic E-state index is 15.4. The second kappa shape index (κ2) is 38.7. The summed E-state index contributed by atoms with van der Waals surface area (Å²) in [6.45, 7) is 0.499. The van der Waals surface area contributed by atoms with Gasteiger partial charge in [0.2, 0.25) is 38.0 Å². The van der Waals surface area contributed by atoms with Crippen molar-refractivity contribution < 1.29 is 85.3 Å². The standard InChI is InChI=1S/C90H77O18P3S3/c1-2-90(60-103-81(94)57-112-54-51-78(91)106-75-48-45-63-27-21-24-42-72(63)84(75)87(97)109(100,66-30-9-3-10-31-66)67-32-11-4-12-33-67,61-104-82(95)58-113-55-52-79(92)107-76-49-46-64-28-22-25-43-73(64)85(76)88(98)110(101,68-34-13-5-14-35-68)69-36-15-6-16-37-69)62-105-83(96)59-114-56-53-80(93)108-77-50-47-65-29-23-26-44-74(65)86(77)89(99)111(102,70-38-17-7-18-39-70)71-40-19-8-20-41-71/h3-50H,2,51-62H2,1H3. The van der Waals surface area contributed by atoms with Gasteiger partial charge in [-0.2, -0.15) is 0 Å². The number of hydrogen-bond donors (Lipinski definition) is 0. The first-order chi connectivity index (χ1) is 55.3. The molecule has 24 heteroatoms. The van der Waals surface area contributed by atoms with E-state index >= 15 is 28.1 Å². The summed E-state index contributed by atoms with van der Waals surface area (Å²) in [5.41, 5.74) is -3.57. The predicted molar refractivity (Wildman–Crippen MR) is 452 cm³/mol. The van der Waals surface area contributed by atoms with Crippen molar-refractivity contribution >= 4 is 173 Å². The summed E-state index contributed by atoms with van der Waals surface area (Å²) in [4.78, 5) is 127. The number of esters is 6. The summed E-state index contributed by atoms with van der Waals surface area (Å²) in [6.07, 6.45) is -0.532. The molecule has 0 saturated heterocycles. The van der Waals surface area contributed by atoms with E-state index in [1.165, 1.54) is 18.2 Å². The number of carbonyl (C=O) groups is 9. The Kier molecular flexibility index (Phi) is 28.0. The lowest BCUT2D eigenvalue weighted by Gasteiger charge is -2.31. The molecule has 114 heavy (non-hydrogen) atoms. The Morgan fingerprint density at radius 1 is 0.281 bits per heavy atom. The molecular formula is C90H77O18P3S3. The molecule has 0 radical (unpaired) electrons. The van der Waals surface area contributed by atoms with Crippen LogP contribution in [0.4, 0.5) is 0 Å². The zero-order valence-corrected chi connectivity index (χ0v) is 67.0. The van der Waals surface area contributed by atoms with Crippen LogP contribution in [0.2, 0.25) is 0 Å². The first-order valence-corrected chi connectivity index (χ1v) is 45.1.